The summed E-state index contributed by atoms with van der Waals surface area (Å²) in [4.78, 5) is 51.5. The molecule has 1 atom stereocenters. The summed E-state index contributed by atoms with van der Waals surface area (Å²) in [6.45, 7) is 4.44. The average Bonchev–Trinajstić information content (AvgIpc) is 2.92. The second-order valence-electron chi connectivity index (χ2n) is 9.41. The Kier molecular flexibility index (Phi) is 8.50. The van der Waals surface area contributed by atoms with Gasteiger partial charge in [-0.2, -0.15) is 5.26 Å². The summed E-state index contributed by atoms with van der Waals surface area (Å²) in [5.74, 6) is 0.903. The molecule has 0 aliphatic carbocycles. The predicted molar refractivity (Wildman–Crippen MR) is 138 cm³/mol. The summed E-state index contributed by atoms with van der Waals surface area (Å²) in [7, 11) is 3.46. The van der Waals surface area contributed by atoms with Gasteiger partial charge in [-0.3, -0.25) is 24.7 Å². The van der Waals surface area contributed by atoms with E-state index >= 15 is 0 Å². The van der Waals surface area contributed by atoms with E-state index in [0.29, 0.717) is 56.7 Å². The number of carbonyl (C=O) groups is 3. The number of aryl methyl sites for hydroxylation is 1. The van der Waals surface area contributed by atoms with Crippen LogP contribution in [0.4, 0.5) is 16.4 Å². The molecule has 4 heterocycles. The van der Waals surface area contributed by atoms with Gasteiger partial charge in [-0.25, -0.2) is 14.8 Å². The van der Waals surface area contributed by atoms with Crippen molar-refractivity contribution >= 4 is 29.9 Å². The lowest BCUT2D eigenvalue weighted by molar-refractivity contribution is -0.136. The first-order chi connectivity index (χ1) is 18.3. The molecule has 1 fully saturated rings. The van der Waals surface area contributed by atoms with E-state index in [2.05, 4.69) is 15.3 Å². The van der Waals surface area contributed by atoms with Crippen LogP contribution in [0.15, 0.2) is 18.3 Å². The molecule has 12 heteroatoms. The number of piperazine rings is 1. The quantitative estimate of drug-likeness (QED) is 0.515. The van der Waals surface area contributed by atoms with Crippen molar-refractivity contribution < 1.29 is 23.9 Å². The summed E-state index contributed by atoms with van der Waals surface area (Å²) in [5.41, 5.74) is 1.94. The number of fused-ring (bicyclic) bond motifs is 1. The van der Waals surface area contributed by atoms with Crippen LogP contribution >= 0.6 is 0 Å². The molecule has 12 nitrogen and oxygen atoms in total. The van der Waals surface area contributed by atoms with Crippen LogP contribution in [-0.4, -0.2) is 91.0 Å². The molecule has 4 rings (SSSR count). The number of aldehydes is 1. The fraction of sp³-hybridized carbons (Fsp3) is 0.462. The third-order valence-electron chi connectivity index (χ3n) is 6.60. The summed E-state index contributed by atoms with van der Waals surface area (Å²) in [5, 5.41) is 12.1. The standard InChI is InChI=1S/C26H31N7O5/c1-17(37-3)16-38-22-10-23(28-12-20(22)11-27)30-26(36)33-6-4-5-18-9-19(21(15-34)29-25(18)33)13-32-8-7-31(2)14-24(32)35/h9-10,12,15,17H,4-8,13-14,16H2,1-3H3,(H,28,30,36)/t17-/m0/s1. The lowest BCUT2D eigenvalue weighted by atomic mass is 10.0. The number of anilines is 2. The van der Waals surface area contributed by atoms with Crippen LogP contribution in [0.2, 0.25) is 0 Å². The number of pyridine rings is 2. The molecule has 1 saturated heterocycles. The summed E-state index contributed by atoms with van der Waals surface area (Å²) < 4.78 is 10.9. The van der Waals surface area contributed by atoms with Crippen molar-refractivity contribution in [3.63, 3.8) is 0 Å². The normalized spacial score (nSPS) is 16.4. The third-order valence-corrected chi connectivity index (χ3v) is 6.60. The molecule has 2 aliphatic heterocycles. The molecule has 2 aromatic heterocycles. The molecule has 0 bridgehead atoms. The van der Waals surface area contributed by atoms with Gasteiger partial charge in [0.2, 0.25) is 5.91 Å². The Morgan fingerprint density at radius 1 is 1.32 bits per heavy atom. The van der Waals surface area contributed by atoms with E-state index in [0.717, 1.165) is 12.1 Å². The molecule has 0 saturated carbocycles. The van der Waals surface area contributed by atoms with Gasteiger partial charge in [0.15, 0.2) is 6.29 Å². The molecule has 2 aromatic rings. The number of hydrogen-bond acceptors (Lipinski definition) is 9. The molecule has 3 amide bonds. The van der Waals surface area contributed by atoms with Crippen molar-refractivity contribution in [2.24, 2.45) is 0 Å². The largest absolute Gasteiger partial charge is 0.489 e. The van der Waals surface area contributed by atoms with Crippen molar-refractivity contribution in [2.45, 2.75) is 32.4 Å². The van der Waals surface area contributed by atoms with Crippen LogP contribution in [0.5, 0.6) is 5.75 Å². The van der Waals surface area contributed by atoms with Crippen molar-refractivity contribution in [1.29, 1.82) is 5.26 Å². The van der Waals surface area contributed by atoms with E-state index in [9.17, 15) is 19.6 Å². The van der Waals surface area contributed by atoms with Crippen molar-refractivity contribution in [3.8, 4) is 11.8 Å². The second kappa shape index (κ2) is 12.0. The molecular formula is C26H31N7O5. The zero-order chi connectivity index (χ0) is 27.2. The van der Waals surface area contributed by atoms with E-state index < -0.39 is 6.03 Å². The molecule has 2 aliphatic rings. The van der Waals surface area contributed by atoms with E-state index in [4.69, 9.17) is 9.47 Å². The van der Waals surface area contributed by atoms with Crippen LogP contribution in [0.25, 0.3) is 0 Å². The minimum atomic E-state index is -0.467. The maximum absolute atomic E-state index is 13.2. The summed E-state index contributed by atoms with van der Waals surface area (Å²) >= 11 is 0. The summed E-state index contributed by atoms with van der Waals surface area (Å²) in [6.07, 6.45) is 3.21. The van der Waals surface area contributed by atoms with Crippen LogP contribution in [0.1, 0.15) is 40.5 Å². The van der Waals surface area contributed by atoms with Gasteiger partial charge in [0, 0.05) is 44.9 Å². The molecule has 0 unspecified atom stereocenters. The molecule has 0 spiro atoms. The van der Waals surface area contributed by atoms with Crippen LogP contribution in [-0.2, 0) is 22.5 Å². The van der Waals surface area contributed by atoms with E-state index in [1.807, 2.05) is 31.0 Å². The zero-order valence-corrected chi connectivity index (χ0v) is 21.8. The van der Waals surface area contributed by atoms with Crippen molar-refractivity contribution in [3.05, 3.63) is 40.7 Å². The lowest BCUT2D eigenvalue weighted by Gasteiger charge is -2.33. The Morgan fingerprint density at radius 2 is 2.13 bits per heavy atom. The fourth-order valence-electron chi connectivity index (χ4n) is 4.34. The Balaban J connectivity index is 1.53. The highest BCUT2D eigenvalue weighted by Gasteiger charge is 2.28. The van der Waals surface area contributed by atoms with E-state index in [1.54, 1.807) is 12.0 Å². The smallest absolute Gasteiger partial charge is 0.328 e. The first-order valence-corrected chi connectivity index (χ1v) is 12.4. The number of ether oxygens (including phenoxy) is 2. The van der Waals surface area contributed by atoms with E-state index in [1.165, 1.54) is 17.2 Å². The third kappa shape index (κ3) is 6.07. The number of methoxy groups -OCH3 is 1. The summed E-state index contributed by atoms with van der Waals surface area (Å²) in [6, 6.07) is 4.92. The Labute approximate surface area is 221 Å². The SMILES string of the molecule is CO[C@@H](C)COc1cc(NC(=O)N2CCCc3cc(CN4CCN(C)CC4=O)c(C=O)nc32)ncc1C#N. The number of aromatic nitrogens is 2. The van der Waals surface area contributed by atoms with Gasteiger partial charge in [-0.1, -0.05) is 0 Å². The number of nitrogens with one attached hydrogen (secondary N) is 1. The number of amides is 3. The van der Waals surface area contributed by atoms with Gasteiger partial charge in [0.1, 0.15) is 41.3 Å². The van der Waals surface area contributed by atoms with Gasteiger partial charge in [0.05, 0.1) is 18.8 Å². The first-order valence-electron chi connectivity index (χ1n) is 12.4. The van der Waals surface area contributed by atoms with Gasteiger partial charge >= 0.3 is 6.03 Å². The highest BCUT2D eigenvalue weighted by Crippen LogP contribution is 2.29. The van der Waals surface area contributed by atoms with Crippen LogP contribution in [0, 0.1) is 11.3 Å². The van der Waals surface area contributed by atoms with Gasteiger partial charge < -0.3 is 14.4 Å². The first kappa shape index (κ1) is 27.0. The van der Waals surface area contributed by atoms with E-state index in [-0.39, 0.29) is 41.4 Å². The number of likely N-dealkylation sites (N-methyl/N-ethyl adjacent to an activating group) is 1. The Hall–Kier alpha value is -4.08. The number of rotatable bonds is 8. The maximum atomic E-state index is 13.2. The number of urea groups is 1. The van der Waals surface area contributed by atoms with Crippen molar-refractivity contribution in [2.75, 3.05) is 57.2 Å². The van der Waals surface area contributed by atoms with Gasteiger partial charge in [-0.15, -0.1) is 0 Å². The average molecular weight is 522 g/mol. The fourth-order valence-corrected chi connectivity index (χ4v) is 4.34. The van der Waals surface area contributed by atoms with Gasteiger partial charge in [0.25, 0.3) is 0 Å². The van der Waals surface area contributed by atoms with Gasteiger partial charge in [-0.05, 0) is 38.4 Å². The minimum Gasteiger partial charge on any atom is -0.489 e. The topological polar surface area (TPSA) is 141 Å². The molecule has 200 valence electrons. The van der Waals surface area contributed by atoms with Crippen molar-refractivity contribution in [1.82, 2.24) is 19.8 Å². The maximum Gasteiger partial charge on any atom is 0.328 e. The highest BCUT2D eigenvalue weighted by molar-refractivity contribution is 6.01. The molecule has 0 aromatic carbocycles. The number of nitrogens with zero attached hydrogens (tertiary/aromatic N) is 6. The molecule has 0 radical (unpaired) electrons. The minimum absolute atomic E-state index is 0.00395. The monoisotopic (exact) mass is 521 g/mol. The van der Waals surface area contributed by atoms with Crippen LogP contribution < -0.4 is 15.0 Å². The zero-order valence-electron chi connectivity index (χ0n) is 21.8. The number of nitriles is 1. The number of hydrogen-bond donors (Lipinski definition) is 1. The predicted octanol–water partition coefficient (Wildman–Crippen LogP) is 1.83. The molecular weight excluding hydrogens is 490 g/mol. The Morgan fingerprint density at radius 3 is 2.84 bits per heavy atom. The second-order valence-corrected chi connectivity index (χ2v) is 9.41. The lowest BCUT2D eigenvalue weighted by Crippen LogP contribution is -2.48. The molecule has 38 heavy (non-hydrogen) atoms. The van der Waals surface area contributed by atoms with Crippen LogP contribution in [0.3, 0.4) is 0 Å². The Bertz CT molecular complexity index is 1260. The molecule has 1 N–H and O–H groups in total. The number of carbonyl (C=O) groups excluding carboxylic acids is 3. The highest BCUT2D eigenvalue weighted by atomic mass is 16.5.